The minimum absolute atomic E-state index is 0.0815. The molecule has 28 heavy (non-hydrogen) atoms. The van der Waals surface area contributed by atoms with Crippen LogP contribution < -0.4 is 0 Å². The standard InChI is InChI=1S/C19H21N3O5S/c1-15-6-8-17(9-7-15)28(26,27)21-12-10-20(11-13-21)19(23)14-16-4-2-3-5-18(16)22(24)25/h2-9H,10-14H2,1H3. The first kappa shape index (κ1) is 20.0. The van der Waals surface area contributed by atoms with Crippen molar-refractivity contribution < 1.29 is 18.1 Å². The molecule has 1 heterocycles. The molecule has 9 heteroatoms. The van der Waals surface area contributed by atoms with E-state index in [2.05, 4.69) is 0 Å². The zero-order chi connectivity index (χ0) is 20.3. The van der Waals surface area contributed by atoms with E-state index in [-0.39, 0.29) is 49.1 Å². The highest BCUT2D eigenvalue weighted by atomic mass is 32.2. The summed E-state index contributed by atoms with van der Waals surface area (Å²) in [5, 5.41) is 11.1. The number of para-hydroxylation sites is 1. The van der Waals surface area contributed by atoms with Crippen molar-refractivity contribution in [1.29, 1.82) is 0 Å². The van der Waals surface area contributed by atoms with Gasteiger partial charge in [0.05, 0.1) is 16.2 Å². The number of rotatable bonds is 5. The van der Waals surface area contributed by atoms with E-state index >= 15 is 0 Å². The second-order valence-electron chi connectivity index (χ2n) is 6.66. The zero-order valence-electron chi connectivity index (χ0n) is 15.4. The number of hydrogen-bond donors (Lipinski definition) is 0. The van der Waals surface area contributed by atoms with Gasteiger partial charge in [-0.15, -0.1) is 0 Å². The number of sulfonamides is 1. The van der Waals surface area contributed by atoms with E-state index in [1.165, 1.54) is 10.4 Å². The fourth-order valence-electron chi connectivity index (χ4n) is 3.15. The summed E-state index contributed by atoms with van der Waals surface area (Å²) in [6.45, 7) is 2.78. The van der Waals surface area contributed by atoms with Crippen LogP contribution >= 0.6 is 0 Å². The summed E-state index contributed by atoms with van der Waals surface area (Å²) in [5.41, 5.74) is 1.24. The molecule has 0 N–H and O–H groups in total. The van der Waals surface area contributed by atoms with Gasteiger partial charge < -0.3 is 4.90 Å². The van der Waals surface area contributed by atoms with Gasteiger partial charge in [-0.05, 0) is 19.1 Å². The number of nitro benzene ring substituents is 1. The van der Waals surface area contributed by atoms with Gasteiger partial charge in [-0.1, -0.05) is 35.9 Å². The SMILES string of the molecule is Cc1ccc(S(=O)(=O)N2CCN(C(=O)Cc3ccccc3[N+](=O)[O-])CC2)cc1. The molecule has 148 valence electrons. The number of nitro groups is 1. The Bertz CT molecular complexity index is 981. The molecule has 2 aromatic rings. The normalized spacial score (nSPS) is 15.4. The number of piperazine rings is 1. The molecule has 0 unspecified atom stereocenters. The predicted molar refractivity (Wildman–Crippen MR) is 103 cm³/mol. The molecule has 1 aliphatic rings. The first-order chi connectivity index (χ1) is 13.3. The maximum Gasteiger partial charge on any atom is 0.273 e. The molecule has 1 amide bonds. The van der Waals surface area contributed by atoms with Gasteiger partial charge in [0.15, 0.2) is 0 Å². The summed E-state index contributed by atoms with van der Waals surface area (Å²) in [6, 6.07) is 12.8. The van der Waals surface area contributed by atoms with Crippen LogP contribution in [0.4, 0.5) is 5.69 Å². The van der Waals surface area contributed by atoms with Crippen molar-refractivity contribution in [3.05, 3.63) is 69.8 Å². The van der Waals surface area contributed by atoms with Crippen LogP contribution in [-0.4, -0.2) is 54.6 Å². The third-order valence-corrected chi connectivity index (χ3v) is 6.69. The van der Waals surface area contributed by atoms with Crippen molar-refractivity contribution in [2.75, 3.05) is 26.2 Å². The Morgan fingerprint density at radius 1 is 1.04 bits per heavy atom. The minimum atomic E-state index is -3.60. The van der Waals surface area contributed by atoms with Crippen LogP contribution in [0.25, 0.3) is 0 Å². The molecule has 3 rings (SSSR count). The number of benzene rings is 2. The van der Waals surface area contributed by atoms with E-state index in [0.29, 0.717) is 5.56 Å². The van der Waals surface area contributed by atoms with Crippen molar-refractivity contribution in [2.24, 2.45) is 0 Å². The molecule has 0 bridgehead atoms. The molecule has 0 radical (unpaired) electrons. The second-order valence-corrected chi connectivity index (χ2v) is 8.60. The predicted octanol–water partition coefficient (Wildman–Crippen LogP) is 1.98. The Kier molecular flexibility index (Phi) is 5.76. The number of amides is 1. The minimum Gasteiger partial charge on any atom is -0.340 e. The van der Waals surface area contributed by atoms with Crippen molar-refractivity contribution >= 4 is 21.6 Å². The third kappa shape index (κ3) is 4.20. The fourth-order valence-corrected chi connectivity index (χ4v) is 4.57. The Labute approximate surface area is 163 Å². The van der Waals surface area contributed by atoms with Crippen LogP contribution in [0.2, 0.25) is 0 Å². The number of carbonyl (C=O) groups is 1. The average molecular weight is 403 g/mol. The highest BCUT2D eigenvalue weighted by Crippen LogP contribution is 2.21. The van der Waals surface area contributed by atoms with Crippen molar-refractivity contribution in [3.63, 3.8) is 0 Å². The lowest BCUT2D eigenvalue weighted by molar-refractivity contribution is -0.385. The van der Waals surface area contributed by atoms with Crippen LogP contribution in [0.3, 0.4) is 0 Å². The molecule has 0 spiro atoms. The molecule has 1 saturated heterocycles. The van der Waals surface area contributed by atoms with Crippen LogP contribution in [0.1, 0.15) is 11.1 Å². The number of hydrogen-bond acceptors (Lipinski definition) is 5. The quantitative estimate of drug-likeness (QED) is 0.561. The Hall–Kier alpha value is -2.78. The lowest BCUT2D eigenvalue weighted by Crippen LogP contribution is -2.50. The molecule has 1 aliphatic heterocycles. The molecule has 2 aromatic carbocycles. The smallest absolute Gasteiger partial charge is 0.273 e. The lowest BCUT2D eigenvalue weighted by atomic mass is 10.1. The maximum atomic E-state index is 12.7. The highest BCUT2D eigenvalue weighted by molar-refractivity contribution is 7.89. The molecular formula is C19H21N3O5S. The maximum absolute atomic E-state index is 12.7. The molecule has 8 nitrogen and oxygen atoms in total. The fraction of sp³-hybridized carbons (Fsp3) is 0.316. The molecular weight excluding hydrogens is 382 g/mol. The van der Waals surface area contributed by atoms with Crippen molar-refractivity contribution in [2.45, 2.75) is 18.2 Å². The number of carbonyl (C=O) groups excluding carboxylic acids is 1. The Morgan fingerprint density at radius 2 is 1.64 bits per heavy atom. The summed E-state index contributed by atoms with van der Waals surface area (Å²) >= 11 is 0. The van der Waals surface area contributed by atoms with Crippen LogP contribution in [0.15, 0.2) is 53.4 Å². The third-order valence-electron chi connectivity index (χ3n) is 4.78. The molecule has 0 saturated carbocycles. The molecule has 0 aromatic heterocycles. The van der Waals surface area contributed by atoms with Crippen molar-refractivity contribution in [1.82, 2.24) is 9.21 Å². The summed E-state index contributed by atoms with van der Waals surface area (Å²) in [7, 11) is -3.60. The van der Waals surface area contributed by atoms with Crippen LogP contribution in [0.5, 0.6) is 0 Å². The number of nitrogens with zero attached hydrogens (tertiary/aromatic N) is 3. The van der Waals surface area contributed by atoms with E-state index in [0.717, 1.165) is 5.56 Å². The summed E-state index contributed by atoms with van der Waals surface area (Å²) in [6.07, 6.45) is -0.0815. The van der Waals surface area contributed by atoms with Gasteiger partial charge in [0.1, 0.15) is 0 Å². The van der Waals surface area contributed by atoms with Gasteiger partial charge in [0, 0.05) is 37.8 Å². The first-order valence-corrected chi connectivity index (χ1v) is 10.3. The lowest BCUT2D eigenvalue weighted by Gasteiger charge is -2.34. The van der Waals surface area contributed by atoms with E-state index in [4.69, 9.17) is 0 Å². The second kappa shape index (κ2) is 8.07. The van der Waals surface area contributed by atoms with E-state index in [1.54, 1.807) is 47.4 Å². The van der Waals surface area contributed by atoms with Gasteiger partial charge in [-0.25, -0.2) is 8.42 Å². The summed E-state index contributed by atoms with van der Waals surface area (Å²) < 4.78 is 26.8. The monoisotopic (exact) mass is 403 g/mol. The van der Waals surface area contributed by atoms with E-state index in [9.17, 15) is 23.3 Å². The zero-order valence-corrected chi connectivity index (χ0v) is 16.3. The van der Waals surface area contributed by atoms with Gasteiger partial charge in [0.25, 0.3) is 5.69 Å². The molecule has 1 fully saturated rings. The topological polar surface area (TPSA) is 101 Å². The van der Waals surface area contributed by atoms with Gasteiger partial charge in [-0.3, -0.25) is 14.9 Å². The van der Waals surface area contributed by atoms with Gasteiger partial charge in [-0.2, -0.15) is 4.31 Å². The van der Waals surface area contributed by atoms with Crippen molar-refractivity contribution in [3.8, 4) is 0 Å². The molecule has 0 atom stereocenters. The van der Waals surface area contributed by atoms with Crippen LogP contribution in [-0.2, 0) is 21.2 Å². The largest absolute Gasteiger partial charge is 0.340 e. The van der Waals surface area contributed by atoms with E-state index < -0.39 is 14.9 Å². The Morgan fingerprint density at radius 3 is 2.25 bits per heavy atom. The van der Waals surface area contributed by atoms with Gasteiger partial charge in [0.2, 0.25) is 15.9 Å². The van der Waals surface area contributed by atoms with Gasteiger partial charge >= 0.3 is 0 Å². The van der Waals surface area contributed by atoms with Crippen LogP contribution in [0, 0.1) is 17.0 Å². The highest BCUT2D eigenvalue weighted by Gasteiger charge is 2.30. The first-order valence-electron chi connectivity index (χ1n) is 8.86. The molecule has 0 aliphatic carbocycles. The Balaban J connectivity index is 1.64. The van der Waals surface area contributed by atoms with E-state index in [1.807, 2.05) is 6.92 Å². The summed E-state index contributed by atoms with van der Waals surface area (Å²) in [4.78, 5) is 24.9. The number of aryl methyl sites for hydroxylation is 1. The summed E-state index contributed by atoms with van der Waals surface area (Å²) in [5.74, 6) is -0.248. The average Bonchev–Trinajstić information content (AvgIpc) is 2.68.